The molecule has 1 fully saturated rings. The molecule has 4 aliphatic rings. The van der Waals surface area contributed by atoms with Crippen LogP contribution < -0.4 is 0 Å². The summed E-state index contributed by atoms with van der Waals surface area (Å²) in [6, 6.07) is 0. The number of nitrogens with zero attached hydrogens (tertiary/aromatic N) is 1. The Labute approximate surface area is 184 Å². The maximum Gasteiger partial charge on any atom is 0.0543 e. The van der Waals surface area contributed by atoms with Crippen LogP contribution in [0.4, 0.5) is 0 Å². The summed E-state index contributed by atoms with van der Waals surface area (Å²) in [6.07, 6.45) is 14.5. The predicted octanol–water partition coefficient (Wildman–Crippen LogP) is 6.57. The Morgan fingerprint density at radius 1 is 1.10 bits per heavy atom. The molecule has 166 valence electrons. The van der Waals surface area contributed by atoms with E-state index in [0.29, 0.717) is 22.7 Å². The Hall–Kier alpha value is -0.890. The van der Waals surface area contributed by atoms with Crippen molar-refractivity contribution in [3.05, 3.63) is 28.6 Å². The first-order valence-corrected chi connectivity index (χ1v) is 12.9. The summed E-state index contributed by atoms with van der Waals surface area (Å²) in [5.74, 6) is 3.69. The molecule has 4 aliphatic carbocycles. The number of pyridine rings is 1. The van der Waals surface area contributed by atoms with Gasteiger partial charge in [0.15, 0.2) is 0 Å². The normalized spacial score (nSPS) is 40.2. The molecule has 0 radical (unpaired) electrons. The van der Waals surface area contributed by atoms with Crippen LogP contribution in [0.5, 0.6) is 0 Å². The van der Waals surface area contributed by atoms with Gasteiger partial charge in [0.1, 0.15) is 0 Å². The molecule has 1 saturated carbocycles. The lowest BCUT2D eigenvalue weighted by Gasteiger charge is -2.56. The van der Waals surface area contributed by atoms with Gasteiger partial charge in [-0.05, 0) is 102 Å². The Bertz CT molecular complexity index is 815. The minimum Gasteiger partial charge on any atom is -0.393 e. The number of aliphatic hydroxyl groups excluding tert-OH is 1. The summed E-state index contributed by atoms with van der Waals surface area (Å²) in [4.78, 5) is 5.09. The molecule has 0 aliphatic heterocycles. The summed E-state index contributed by atoms with van der Waals surface area (Å²) in [6.45, 7) is 12.4. The Morgan fingerprint density at radius 2 is 1.90 bits per heavy atom. The topological polar surface area (TPSA) is 33.1 Å². The summed E-state index contributed by atoms with van der Waals surface area (Å²) >= 11 is 0. The molecular weight excluding hydrogens is 366 g/mol. The molecule has 2 heteroatoms. The number of hydrogen-bond acceptors (Lipinski definition) is 2. The van der Waals surface area contributed by atoms with Gasteiger partial charge >= 0.3 is 0 Å². The number of aromatic nitrogens is 1. The van der Waals surface area contributed by atoms with Gasteiger partial charge in [-0.1, -0.05) is 53.9 Å². The van der Waals surface area contributed by atoms with Crippen LogP contribution in [0.2, 0.25) is 0 Å². The van der Waals surface area contributed by atoms with Crippen LogP contribution >= 0.6 is 0 Å². The van der Waals surface area contributed by atoms with Gasteiger partial charge in [0, 0.05) is 11.9 Å². The maximum atomic E-state index is 10.4. The first-order valence-electron chi connectivity index (χ1n) is 12.9. The van der Waals surface area contributed by atoms with Crippen molar-refractivity contribution in [1.29, 1.82) is 0 Å². The standard InChI is InChI=1S/C28H43NO/c1-17(2)7-6-8-18(3)23-13-19-16-29-24-15-20-14-21(30)9-11-27(20,4)22-10-12-28(23,5)26(19)25(22)24/h16-18,20-23,30H,6-15H2,1-5H3/t18-,20-,21+,22?,23?,27?,28?/m1/s1. The average Bonchev–Trinajstić information content (AvgIpc) is 3.00. The molecule has 1 aromatic rings. The Balaban J connectivity index is 1.49. The molecule has 0 spiro atoms. The molecule has 1 aromatic heterocycles. The SMILES string of the molecule is CC(C)CCC[C@@H](C)C1Cc2cnc3c4c2C1(C)CCC4C1(C)CC[C@H](O)C[C@@H]1C3. The van der Waals surface area contributed by atoms with Crippen molar-refractivity contribution in [3.8, 4) is 0 Å². The highest BCUT2D eigenvalue weighted by atomic mass is 16.3. The lowest BCUT2D eigenvalue weighted by Crippen LogP contribution is -2.48. The van der Waals surface area contributed by atoms with E-state index in [-0.39, 0.29) is 6.10 Å². The zero-order valence-electron chi connectivity index (χ0n) is 20.0. The summed E-state index contributed by atoms with van der Waals surface area (Å²) in [5.41, 5.74) is 7.14. The lowest BCUT2D eigenvalue weighted by molar-refractivity contribution is -0.0143. The Morgan fingerprint density at radius 3 is 2.67 bits per heavy atom. The van der Waals surface area contributed by atoms with Crippen LogP contribution in [0, 0.1) is 29.1 Å². The highest BCUT2D eigenvalue weighted by molar-refractivity contribution is 5.52. The third-order valence-corrected chi connectivity index (χ3v) is 10.3. The van der Waals surface area contributed by atoms with Crippen molar-refractivity contribution in [2.75, 3.05) is 0 Å². The van der Waals surface area contributed by atoms with Crippen molar-refractivity contribution >= 4 is 0 Å². The molecule has 0 bridgehead atoms. The van der Waals surface area contributed by atoms with Gasteiger partial charge < -0.3 is 5.11 Å². The number of fused-ring (bicyclic) bond motifs is 2. The molecule has 0 saturated heterocycles. The van der Waals surface area contributed by atoms with Crippen molar-refractivity contribution in [3.63, 3.8) is 0 Å². The summed E-state index contributed by atoms with van der Waals surface area (Å²) in [5, 5.41) is 10.4. The number of rotatable bonds is 5. The molecule has 2 nitrogen and oxygen atoms in total. The van der Waals surface area contributed by atoms with Crippen LogP contribution in [0.15, 0.2) is 6.20 Å². The van der Waals surface area contributed by atoms with Gasteiger partial charge in [-0.2, -0.15) is 0 Å². The monoisotopic (exact) mass is 409 g/mol. The number of aliphatic hydroxyl groups is 1. The molecule has 1 heterocycles. The van der Waals surface area contributed by atoms with Crippen molar-refractivity contribution in [2.24, 2.45) is 29.1 Å². The highest BCUT2D eigenvalue weighted by Crippen LogP contribution is 2.65. The predicted molar refractivity (Wildman–Crippen MR) is 124 cm³/mol. The van der Waals surface area contributed by atoms with Crippen LogP contribution in [0.25, 0.3) is 0 Å². The molecule has 0 aromatic carbocycles. The second-order valence-electron chi connectivity index (χ2n) is 12.5. The Kier molecular flexibility index (Phi) is 5.12. The van der Waals surface area contributed by atoms with Crippen LogP contribution in [-0.2, 0) is 18.3 Å². The van der Waals surface area contributed by atoms with E-state index in [1.54, 1.807) is 16.7 Å². The third-order valence-electron chi connectivity index (χ3n) is 10.3. The lowest BCUT2D eigenvalue weighted by atomic mass is 9.49. The first-order chi connectivity index (χ1) is 14.2. The van der Waals surface area contributed by atoms with E-state index in [2.05, 4.69) is 40.8 Å². The maximum absolute atomic E-state index is 10.4. The van der Waals surface area contributed by atoms with Crippen LogP contribution in [-0.4, -0.2) is 16.2 Å². The fourth-order valence-corrected chi connectivity index (χ4v) is 8.46. The van der Waals surface area contributed by atoms with Gasteiger partial charge in [-0.15, -0.1) is 0 Å². The van der Waals surface area contributed by atoms with Gasteiger partial charge in [0.25, 0.3) is 0 Å². The molecular formula is C28H43NO. The van der Waals surface area contributed by atoms with E-state index in [9.17, 15) is 5.11 Å². The van der Waals surface area contributed by atoms with E-state index in [1.165, 1.54) is 50.6 Å². The molecule has 7 atom stereocenters. The zero-order chi connectivity index (χ0) is 21.3. The number of hydrogen-bond donors (Lipinski definition) is 1. The minimum atomic E-state index is -0.0935. The third kappa shape index (κ3) is 3.03. The molecule has 30 heavy (non-hydrogen) atoms. The van der Waals surface area contributed by atoms with Gasteiger partial charge in [-0.3, -0.25) is 4.98 Å². The minimum absolute atomic E-state index is 0.0935. The largest absolute Gasteiger partial charge is 0.393 e. The van der Waals surface area contributed by atoms with E-state index in [4.69, 9.17) is 4.98 Å². The van der Waals surface area contributed by atoms with Crippen LogP contribution in [0.3, 0.4) is 0 Å². The summed E-state index contributed by atoms with van der Waals surface area (Å²) < 4.78 is 0. The smallest absolute Gasteiger partial charge is 0.0543 e. The highest BCUT2D eigenvalue weighted by Gasteiger charge is 2.57. The molecule has 1 N–H and O–H groups in total. The average molecular weight is 410 g/mol. The fourth-order valence-electron chi connectivity index (χ4n) is 8.46. The van der Waals surface area contributed by atoms with E-state index < -0.39 is 0 Å². The van der Waals surface area contributed by atoms with Gasteiger partial charge in [0.2, 0.25) is 0 Å². The van der Waals surface area contributed by atoms with Gasteiger partial charge in [0.05, 0.1) is 6.10 Å². The fraction of sp³-hybridized carbons (Fsp3) is 0.821. The van der Waals surface area contributed by atoms with Crippen molar-refractivity contribution in [1.82, 2.24) is 4.98 Å². The van der Waals surface area contributed by atoms with Crippen molar-refractivity contribution < 1.29 is 5.11 Å². The van der Waals surface area contributed by atoms with E-state index in [0.717, 1.165) is 37.0 Å². The molecule has 4 unspecified atom stereocenters. The van der Waals surface area contributed by atoms with E-state index in [1.807, 2.05) is 0 Å². The molecule has 5 rings (SSSR count). The quantitative estimate of drug-likeness (QED) is 0.596. The first kappa shape index (κ1) is 21.0. The second kappa shape index (κ2) is 7.32. The van der Waals surface area contributed by atoms with Crippen molar-refractivity contribution in [2.45, 2.75) is 116 Å². The molecule has 0 amide bonds. The zero-order valence-corrected chi connectivity index (χ0v) is 20.0. The van der Waals surface area contributed by atoms with E-state index >= 15 is 0 Å². The van der Waals surface area contributed by atoms with Crippen LogP contribution in [0.1, 0.15) is 114 Å². The second-order valence-corrected chi connectivity index (χ2v) is 12.5. The summed E-state index contributed by atoms with van der Waals surface area (Å²) in [7, 11) is 0. The van der Waals surface area contributed by atoms with Gasteiger partial charge in [-0.25, -0.2) is 0 Å².